The molecule has 4 rings (SSSR count). The first-order chi connectivity index (χ1) is 14.7. The Kier molecular flexibility index (Phi) is 5.84. The number of rotatable bonds is 6. The summed E-state index contributed by atoms with van der Waals surface area (Å²) in [5, 5.41) is 0. The molecule has 0 spiro atoms. The van der Waals surface area contributed by atoms with E-state index in [9.17, 15) is 0 Å². The first kappa shape index (κ1) is 19.8. The topological polar surface area (TPSA) is 40.0 Å². The highest BCUT2D eigenvalue weighted by Gasteiger charge is 2.22. The first-order valence-corrected chi connectivity index (χ1v) is 9.94. The predicted octanol–water partition coefficient (Wildman–Crippen LogP) is 5.30. The summed E-state index contributed by atoms with van der Waals surface area (Å²) in [7, 11) is 5.01. The van der Waals surface area contributed by atoms with Crippen LogP contribution in [0.2, 0.25) is 0 Å². The van der Waals surface area contributed by atoms with Crippen LogP contribution in [-0.4, -0.2) is 33.6 Å². The van der Waals surface area contributed by atoms with E-state index in [0.29, 0.717) is 5.75 Å². The molecular weight excluding hydrogens is 374 g/mol. The van der Waals surface area contributed by atoms with Gasteiger partial charge in [0, 0.05) is 17.7 Å². The van der Waals surface area contributed by atoms with Crippen LogP contribution < -0.4 is 14.2 Å². The fourth-order valence-corrected chi connectivity index (χ4v) is 3.73. The smallest absolute Gasteiger partial charge is 0.161 e. The number of hydrogen-bond donors (Lipinski definition) is 0. The Morgan fingerprint density at radius 1 is 0.833 bits per heavy atom. The van der Waals surface area contributed by atoms with Gasteiger partial charge in [0.25, 0.3) is 0 Å². The largest absolute Gasteiger partial charge is 0.497 e. The molecule has 152 valence electrons. The summed E-state index contributed by atoms with van der Waals surface area (Å²) in [6.07, 6.45) is 3.06. The Labute approximate surface area is 177 Å². The van der Waals surface area contributed by atoms with Gasteiger partial charge >= 0.3 is 0 Å². The number of methoxy groups -OCH3 is 3. The lowest BCUT2D eigenvalue weighted by molar-refractivity contribution is 0.354. The van der Waals surface area contributed by atoms with E-state index >= 15 is 0 Å². The van der Waals surface area contributed by atoms with Gasteiger partial charge in [0.05, 0.1) is 27.0 Å². The number of benzene rings is 3. The molecule has 1 heterocycles. The quantitative estimate of drug-likeness (QED) is 0.528. The lowest BCUT2D eigenvalue weighted by Crippen LogP contribution is -2.15. The average molecular weight is 399 g/mol. The third kappa shape index (κ3) is 3.94. The predicted molar refractivity (Wildman–Crippen MR) is 122 cm³/mol. The summed E-state index contributed by atoms with van der Waals surface area (Å²) in [4.78, 5) is 4.94. The Hall–Kier alpha value is -3.53. The molecule has 0 unspecified atom stereocenters. The lowest BCUT2D eigenvalue weighted by atomic mass is 9.88. The highest BCUT2D eigenvalue weighted by molar-refractivity contribution is 6.35. The number of fused-ring (bicyclic) bond motifs is 1. The van der Waals surface area contributed by atoms with Crippen molar-refractivity contribution < 1.29 is 14.2 Å². The molecule has 0 bridgehead atoms. The molecule has 1 aliphatic rings. The van der Waals surface area contributed by atoms with E-state index in [0.717, 1.165) is 52.4 Å². The van der Waals surface area contributed by atoms with Gasteiger partial charge in [-0.25, -0.2) is 0 Å². The highest BCUT2D eigenvalue weighted by Crippen LogP contribution is 2.36. The monoisotopic (exact) mass is 399 g/mol. The summed E-state index contributed by atoms with van der Waals surface area (Å²) in [5.74, 6) is 2.28. The van der Waals surface area contributed by atoms with Crippen molar-refractivity contribution in [3.8, 4) is 17.2 Å². The van der Waals surface area contributed by atoms with Gasteiger partial charge in [0.2, 0.25) is 0 Å². The lowest BCUT2D eigenvalue weighted by Gasteiger charge is -2.22. The van der Waals surface area contributed by atoms with Crippen LogP contribution in [0, 0.1) is 0 Å². The number of ether oxygens (including phenoxy) is 3. The molecule has 0 aromatic heterocycles. The van der Waals surface area contributed by atoms with Gasteiger partial charge in [-0.05, 0) is 53.5 Å². The van der Waals surface area contributed by atoms with Crippen LogP contribution in [0.25, 0.3) is 11.6 Å². The van der Waals surface area contributed by atoms with E-state index in [2.05, 4.69) is 36.4 Å². The van der Waals surface area contributed by atoms with Crippen molar-refractivity contribution in [3.05, 3.63) is 89.0 Å². The summed E-state index contributed by atoms with van der Waals surface area (Å²) in [5.41, 5.74) is 6.53. The van der Waals surface area contributed by atoms with E-state index in [1.54, 1.807) is 21.3 Å². The highest BCUT2D eigenvalue weighted by atomic mass is 16.5. The molecule has 0 atom stereocenters. The molecule has 3 aromatic carbocycles. The molecular formula is C26H25NO3. The normalized spacial score (nSPS) is 13.3. The second-order valence-electron chi connectivity index (χ2n) is 7.04. The average Bonchev–Trinajstić information content (AvgIpc) is 2.82. The maximum Gasteiger partial charge on any atom is 0.161 e. The van der Waals surface area contributed by atoms with E-state index in [1.165, 1.54) is 5.56 Å². The number of allylic oxidation sites excluding steroid dienone is 1. The van der Waals surface area contributed by atoms with Gasteiger partial charge < -0.3 is 14.2 Å². The zero-order valence-electron chi connectivity index (χ0n) is 17.5. The maximum atomic E-state index is 5.57. The van der Waals surface area contributed by atoms with Gasteiger partial charge in [-0.2, -0.15) is 0 Å². The summed E-state index contributed by atoms with van der Waals surface area (Å²) in [6, 6.07) is 22.5. The third-order valence-electron chi connectivity index (χ3n) is 5.28. The summed E-state index contributed by atoms with van der Waals surface area (Å²) < 4.78 is 16.4. The van der Waals surface area contributed by atoms with Crippen LogP contribution in [0.1, 0.15) is 22.3 Å². The van der Waals surface area contributed by atoms with Crippen LogP contribution in [-0.2, 0) is 6.42 Å². The molecule has 3 aromatic rings. The Morgan fingerprint density at radius 3 is 2.20 bits per heavy atom. The number of hydrogen-bond acceptors (Lipinski definition) is 4. The summed E-state index contributed by atoms with van der Waals surface area (Å²) in [6.45, 7) is 0.736. The molecule has 0 saturated heterocycles. The van der Waals surface area contributed by atoms with Crippen LogP contribution in [0.4, 0.5) is 0 Å². The van der Waals surface area contributed by atoms with E-state index < -0.39 is 0 Å². The molecule has 4 nitrogen and oxygen atoms in total. The fraction of sp³-hybridized carbons (Fsp3) is 0.192. The van der Waals surface area contributed by atoms with Crippen molar-refractivity contribution >= 4 is 17.4 Å². The van der Waals surface area contributed by atoms with Crippen molar-refractivity contribution in [1.29, 1.82) is 0 Å². The van der Waals surface area contributed by atoms with Gasteiger partial charge in [-0.15, -0.1) is 0 Å². The Bertz CT molecular complexity index is 1080. The first-order valence-electron chi connectivity index (χ1n) is 9.94. The van der Waals surface area contributed by atoms with Crippen molar-refractivity contribution in [2.24, 2.45) is 4.99 Å². The van der Waals surface area contributed by atoms with Gasteiger partial charge in [-0.1, -0.05) is 42.5 Å². The van der Waals surface area contributed by atoms with Crippen LogP contribution in [0.5, 0.6) is 17.2 Å². The summed E-state index contributed by atoms with van der Waals surface area (Å²) >= 11 is 0. The van der Waals surface area contributed by atoms with Crippen molar-refractivity contribution in [2.75, 3.05) is 27.9 Å². The Morgan fingerprint density at radius 2 is 1.53 bits per heavy atom. The van der Waals surface area contributed by atoms with Crippen LogP contribution in [0.15, 0.2) is 71.7 Å². The molecule has 0 radical (unpaired) electrons. The molecule has 0 aliphatic carbocycles. The SMILES string of the molecule is COc1ccc(/C(=C/c2ccccc2)C2=NCCc3cc(OC)c(OC)cc32)cc1. The number of nitrogens with zero attached hydrogens (tertiary/aromatic N) is 1. The maximum absolute atomic E-state index is 5.57. The molecule has 0 saturated carbocycles. The second-order valence-corrected chi connectivity index (χ2v) is 7.04. The van der Waals surface area contributed by atoms with E-state index in [4.69, 9.17) is 19.2 Å². The number of aliphatic imine (C=N–C) groups is 1. The fourth-order valence-electron chi connectivity index (χ4n) is 3.73. The van der Waals surface area contributed by atoms with Gasteiger partial charge in [0.1, 0.15) is 5.75 Å². The van der Waals surface area contributed by atoms with Gasteiger partial charge in [-0.3, -0.25) is 4.99 Å². The minimum absolute atomic E-state index is 0.708. The molecule has 30 heavy (non-hydrogen) atoms. The zero-order valence-corrected chi connectivity index (χ0v) is 17.5. The molecule has 1 aliphatic heterocycles. The van der Waals surface area contributed by atoms with Crippen molar-refractivity contribution in [3.63, 3.8) is 0 Å². The minimum atomic E-state index is 0.708. The molecule has 0 N–H and O–H groups in total. The molecule has 0 amide bonds. The van der Waals surface area contributed by atoms with Crippen molar-refractivity contribution in [2.45, 2.75) is 6.42 Å². The second kappa shape index (κ2) is 8.87. The van der Waals surface area contributed by atoms with E-state index in [1.807, 2.05) is 36.4 Å². The minimum Gasteiger partial charge on any atom is -0.497 e. The molecule has 4 heteroatoms. The standard InChI is InChI=1S/C26H25NO3/c1-28-21-11-9-19(10-12-21)22(15-18-7-5-4-6-8-18)26-23-17-25(30-3)24(29-2)16-20(23)13-14-27-26/h4-12,15-17H,13-14H2,1-3H3/b22-15-. The van der Waals surface area contributed by atoms with Crippen molar-refractivity contribution in [1.82, 2.24) is 0 Å². The van der Waals surface area contributed by atoms with Crippen LogP contribution in [0.3, 0.4) is 0 Å². The van der Waals surface area contributed by atoms with Crippen LogP contribution >= 0.6 is 0 Å². The Balaban J connectivity index is 1.88. The van der Waals surface area contributed by atoms with Gasteiger partial charge in [0.15, 0.2) is 11.5 Å². The van der Waals surface area contributed by atoms with E-state index in [-0.39, 0.29) is 0 Å². The zero-order chi connectivity index (χ0) is 20.9. The third-order valence-corrected chi connectivity index (χ3v) is 5.28. The molecule has 0 fully saturated rings.